The van der Waals surface area contributed by atoms with E-state index >= 15 is 0 Å². The van der Waals surface area contributed by atoms with Crippen LogP contribution in [0.2, 0.25) is 0 Å². The van der Waals surface area contributed by atoms with Gasteiger partial charge in [0.2, 0.25) is 5.13 Å². The molecule has 0 amide bonds. The summed E-state index contributed by atoms with van der Waals surface area (Å²) in [5.74, 6) is 5.58. The Bertz CT molecular complexity index is 469. The number of aryl methyl sites for hydroxylation is 1. The van der Waals surface area contributed by atoms with Crippen LogP contribution in [0.25, 0.3) is 10.6 Å². The molecular weight excluding hydrogens is 244 g/mol. The van der Waals surface area contributed by atoms with E-state index < -0.39 is 0 Å². The zero-order chi connectivity index (χ0) is 10.8. The van der Waals surface area contributed by atoms with Crippen molar-refractivity contribution < 1.29 is 0 Å². The van der Waals surface area contributed by atoms with Crippen LogP contribution in [0.5, 0.6) is 0 Å². The molecule has 2 rings (SSSR count). The zero-order valence-corrected chi connectivity index (χ0v) is 10.7. The standard InChI is InChI=1S/C10H12N4S.ClH/c1-7-5-3-4-6-8(7)9-12-13-10(15-9)14(2)11;/h3-6H,11H2,1-2H3;1H. The molecule has 0 atom stereocenters. The Labute approximate surface area is 104 Å². The van der Waals surface area contributed by atoms with E-state index in [1.54, 1.807) is 7.05 Å². The third-order valence-corrected chi connectivity index (χ3v) is 3.14. The van der Waals surface area contributed by atoms with Crippen molar-refractivity contribution in [1.82, 2.24) is 10.2 Å². The summed E-state index contributed by atoms with van der Waals surface area (Å²) in [6.07, 6.45) is 0. The van der Waals surface area contributed by atoms with E-state index in [0.717, 1.165) is 10.6 Å². The van der Waals surface area contributed by atoms with Crippen LogP contribution in [-0.4, -0.2) is 17.2 Å². The molecule has 0 bridgehead atoms. The lowest BCUT2D eigenvalue weighted by Crippen LogP contribution is -2.24. The molecule has 2 N–H and O–H groups in total. The van der Waals surface area contributed by atoms with Crippen LogP contribution in [0.4, 0.5) is 5.13 Å². The molecule has 0 aliphatic heterocycles. The molecule has 2 aromatic rings. The first-order valence-electron chi connectivity index (χ1n) is 4.56. The molecule has 86 valence electrons. The average Bonchev–Trinajstić information content (AvgIpc) is 2.67. The lowest BCUT2D eigenvalue weighted by molar-refractivity contribution is 0.960. The fourth-order valence-corrected chi connectivity index (χ4v) is 2.10. The van der Waals surface area contributed by atoms with Crippen molar-refractivity contribution in [3.05, 3.63) is 29.8 Å². The van der Waals surface area contributed by atoms with E-state index in [2.05, 4.69) is 23.2 Å². The molecule has 0 saturated carbocycles. The molecule has 0 saturated heterocycles. The van der Waals surface area contributed by atoms with Crippen molar-refractivity contribution in [3.63, 3.8) is 0 Å². The molecule has 0 aliphatic carbocycles. The van der Waals surface area contributed by atoms with E-state index in [0.29, 0.717) is 5.13 Å². The number of hydrogen-bond donors (Lipinski definition) is 1. The summed E-state index contributed by atoms with van der Waals surface area (Å²) in [5, 5.41) is 11.2. The number of benzene rings is 1. The van der Waals surface area contributed by atoms with Crippen LogP contribution in [0.3, 0.4) is 0 Å². The van der Waals surface area contributed by atoms with Gasteiger partial charge in [-0.2, -0.15) is 0 Å². The SMILES string of the molecule is Cc1ccccc1-c1nnc(N(C)N)s1.Cl. The van der Waals surface area contributed by atoms with Gasteiger partial charge in [-0.05, 0) is 12.5 Å². The molecule has 1 aromatic heterocycles. The van der Waals surface area contributed by atoms with Crippen LogP contribution < -0.4 is 10.9 Å². The number of hydrazine groups is 1. The van der Waals surface area contributed by atoms with Gasteiger partial charge in [0.25, 0.3) is 0 Å². The maximum absolute atomic E-state index is 5.58. The minimum absolute atomic E-state index is 0. The number of nitrogens with zero attached hydrogens (tertiary/aromatic N) is 3. The summed E-state index contributed by atoms with van der Waals surface area (Å²) in [6, 6.07) is 8.10. The van der Waals surface area contributed by atoms with Gasteiger partial charge in [0.1, 0.15) is 5.01 Å². The quantitative estimate of drug-likeness (QED) is 0.661. The zero-order valence-electron chi connectivity index (χ0n) is 9.04. The van der Waals surface area contributed by atoms with E-state index in [1.165, 1.54) is 21.9 Å². The van der Waals surface area contributed by atoms with Crippen molar-refractivity contribution >= 4 is 28.9 Å². The average molecular weight is 257 g/mol. The third kappa shape index (κ3) is 2.49. The molecule has 0 fully saturated rings. The van der Waals surface area contributed by atoms with E-state index in [1.807, 2.05) is 18.2 Å². The van der Waals surface area contributed by atoms with Gasteiger partial charge in [0, 0.05) is 12.6 Å². The van der Waals surface area contributed by atoms with Gasteiger partial charge in [-0.1, -0.05) is 35.6 Å². The Hall–Kier alpha value is -1.17. The highest BCUT2D eigenvalue weighted by Crippen LogP contribution is 2.29. The fraction of sp³-hybridized carbons (Fsp3) is 0.200. The Morgan fingerprint density at radius 3 is 2.50 bits per heavy atom. The molecule has 16 heavy (non-hydrogen) atoms. The second kappa shape index (κ2) is 5.25. The Morgan fingerprint density at radius 2 is 1.94 bits per heavy atom. The summed E-state index contributed by atoms with van der Waals surface area (Å²) in [7, 11) is 1.75. The molecule has 1 heterocycles. The number of aromatic nitrogens is 2. The van der Waals surface area contributed by atoms with Gasteiger partial charge in [0.05, 0.1) is 0 Å². The number of anilines is 1. The monoisotopic (exact) mass is 256 g/mol. The van der Waals surface area contributed by atoms with Crippen LogP contribution in [0.15, 0.2) is 24.3 Å². The van der Waals surface area contributed by atoms with Crippen LogP contribution in [-0.2, 0) is 0 Å². The molecule has 1 aromatic carbocycles. The number of rotatable bonds is 2. The second-order valence-electron chi connectivity index (χ2n) is 3.32. The number of nitrogens with two attached hydrogens (primary N) is 1. The Morgan fingerprint density at radius 1 is 1.25 bits per heavy atom. The fourth-order valence-electron chi connectivity index (χ4n) is 1.28. The molecule has 4 nitrogen and oxygen atoms in total. The minimum Gasteiger partial charge on any atom is -0.288 e. The van der Waals surface area contributed by atoms with Crippen LogP contribution in [0, 0.1) is 6.92 Å². The van der Waals surface area contributed by atoms with E-state index in [-0.39, 0.29) is 12.4 Å². The summed E-state index contributed by atoms with van der Waals surface area (Å²) in [5.41, 5.74) is 2.31. The van der Waals surface area contributed by atoms with Crippen molar-refractivity contribution in [2.24, 2.45) is 5.84 Å². The predicted molar refractivity (Wildman–Crippen MR) is 69.9 cm³/mol. The van der Waals surface area contributed by atoms with Crippen LogP contribution >= 0.6 is 23.7 Å². The highest BCUT2D eigenvalue weighted by Gasteiger charge is 2.09. The van der Waals surface area contributed by atoms with E-state index in [9.17, 15) is 0 Å². The first-order valence-corrected chi connectivity index (χ1v) is 5.38. The smallest absolute Gasteiger partial charge is 0.222 e. The molecule has 0 unspecified atom stereocenters. The number of halogens is 1. The van der Waals surface area contributed by atoms with Crippen molar-refractivity contribution in [2.45, 2.75) is 6.92 Å². The largest absolute Gasteiger partial charge is 0.288 e. The highest BCUT2D eigenvalue weighted by atomic mass is 35.5. The normalized spacial score (nSPS) is 9.69. The van der Waals surface area contributed by atoms with Gasteiger partial charge < -0.3 is 0 Å². The molecular formula is C10H13ClN4S. The highest BCUT2D eigenvalue weighted by molar-refractivity contribution is 7.18. The summed E-state index contributed by atoms with van der Waals surface area (Å²) < 4.78 is 0. The van der Waals surface area contributed by atoms with E-state index in [4.69, 9.17) is 5.84 Å². The van der Waals surface area contributed by atoms with Gasteiger partial charge in [0.15, 0.2) is 0 Å². The minimum atomic E-state index is 0. The molecule has 0 aliphatic rings. The van der Waals surface area contributed by atoms with Crippen molar-refractivity contribution in [3.8, 4) is 10.6 Å². The maximum atomic E-state index is 5.58. The first kappa shape index (κ1) is 12.9. The summed E-state index contributed by atoms with van der Waals surface area (Å²) in [4.78, 5) is 0. The molecule has 0 spiro atoms. The van der Waals surface area contributed by atoms with Crippen molar-refractivity contribution in [2.75, 3.05) is 12.1 Å². The second-order valence-corrected chi connectivity index (χ2v) is 4.27. The molecule has 0 radical (unpaired) electrons. The first-order chi connectivity index (χ1) is 7.18. The van der Waals surface area contributed by atoms with Crippen molar-refractivity contribution in [1.29, 1.82) is 0 Å². The van der Waals surface area contributed by atoms with Gasteiger partial charge in [-0.25, -0.2) is 5.84 Å². The Balaban J connectivity index is 0.00000128. The van der Waals surface area contributed by atoms with Crippen LogP contribution in [0.1, 0.15) is 5.56 Å². The Kier molecular flexibility index (Phi) is 4.23. The maximum Gasteiger partial charge on any atom is 0.222 e. The van der Waals surface area contributed by atoms with Gasteiger partial charge in [-0.15, -0.1) is 22.6 Å². The third-order valence-electron chi connectivity index (χ3n) is 2.09. The molecule has 6 heteroatoms. The lowest BCUT2D eigenvalue weighted by atomic mass is 10.1. The van der Waals surface area contributed by atoms with Gasteiger partial charge >= 0.3 is 0 Å². The summed E-state index contributed by atoms with van der Waals surface area (Å²) in [6.45, 7) is 2.06. The van der Waals surface area contributed by atoms with Gasteiger partial charge in [-0.3, -0.25) is 5.01 Å². The number of hydrogen-bond acceptors (Lipinski definition) is 5. The summed E-state index contributed by atoms with van der Waals surface area (Å²) >= 11 is 1.49. The predicted octanol–water partition coefficient (Wildman–Crippen LogP) is 2.25. The lowest BCUT2D eigenvalue weighted by Gasteiger charge is -2.04. The topological polar surface area (TPSA) is 55.0 Å².